The molecule has 1 aromatic heterocycles. The molecule has 0 aromatic carbocycles. The molecule has 0 bridgehead atoms. The Morgan fingerprint density at radius 2 is 1.82 bits per heavy atom. The average Bonchev–Trinajstić information content (AvgIpc) is 2.47. The number of rotatable bonds is 2. The van der Waals surface area contributed by atoms with E-state index in [0.29, 0.717) is 11.5 Å². The van der Waals surface area contributed by atoms with Crippen LogP contribution in [-0.4, -0.2) is 27.8 Å². The molecule has 6 nitrogen and oxygen atoms in total. The molecule has 0 amide bonds. The highest BCUT2D eigenvalue weighted by molar-refractivity contribution is 5.61. The summed E-state index contributed by atoms with van der Waals surface area (Å²) in [7, 11) is 1.78. The number of hydrogen-bond donors (Lipinski definition) is 0. The summed E-state index contributed by atoms with van der Waals surface area (Å²) in [6, 6.07) is 0. The zero-order chi connectivity index (χ0) is 12.4. The Hall–Kier alpha value is -1.59. The van der Waals surface area contributed by atoms with Crippen molar-refractivity contribution in [2.45, 2.75) is 32.6 Å². The third-order valence-electron chi connectivity index (χ3n) is 3.25. The normalized spacial score (nSPS) is 16.9. The number of nitrogens with zero attached hydrogens (tertiary/aromatic N) is 4. The van der Waals surface area contributed by atoms with Crippen molar-refractivity contribution in [1.82, 2.24) is 9.78 Å². The topological polar surface area (TPSA) is 64.2 Å². The lowest BCUT2D eigenvalue weighted by molar-refractivity contribution is -0.384. The van der Waals surface area contributed by atoms with Crippen LogP contribution in [0.4, 0.5) is 11.5 Å². The van der Waals surface area contributed by atoms with Crippen molar-refractivity contribution in [2.75, 3.05) is 18.0 Å². The minimum Gasteiger partial charge on any atom is -0.351 e. The van der Waals surface area contributed by atoms with Gasteiger partial charge in [0.2, 0.25) is 5.82 Å². The fraction of sp³-hybridized carbons (Fsp3) is 0.727. The summed E-state index contributed by atoms with van der Waals surface area (Å²) < 4.78 is 1.64. The van der Waals surface area contributed by atoms with E-state index in [1.807, 2.05) is 0 Å². The lowest BCUT2D eigenvalue weighted by Crippen LogP contribution is -2.26. The largest absolute Gasteiger partial charge is 0.351 e. The molecular weight excluding hydrogens is 220 g/mol. The number of nitro groups is 1. The highest BCUT2D eigenvalue weighted by Crippen LogP contribution is 2.32. The van der Waals surface area contributed by atoms with Gasteiger partial charge in [-0.2, -0.15) is 5.10 Å². The Morgan fingerprint density at radius 3 is 2.35 bits per heavy atom. The van der Waals surface area contributed by atoms with Gasteiger partial charge in [-0.3, -0.25) is 10.1 Å². The van der Waals surface area contributed by atoms with Gasteiger partial charge in [0.15, 0.2) is 0 Å². The quantitative estimate of drug-likeness (QED) is 0.584. The molecule has 0 saturated carbocycles. The van der Waals surface area contributed by atoms with Crippen LogP contribution in [0.15, 0.2) is 0 Å². The Morgan fingerprint density at radius 1 is 1.24 bits per heavy atom. The van der Waals surface area contributed by atoms with Crippen LogP contribution in [0.1, 0.15) is 31.4 Å². The van der Waals surface area contributed by atoms with Gasteiger partial charge in [0.1, 0.15) is 5.69 Å². The highest BCUT2D eigenvalue weighted by Gasteiger charge is 2.28. The van der Waals surface area contributed by atoms with Gasteiger partial charge >= 0.3 is 5.69 Å². The standard InChI is InChI=1S/C11H18N4O2/c1-9-10(15(16)17)11(13(2)12-9)14-7-5-3-4-6-8-14/h3-8H2,1-2H3. The molecule has 6 heteroatoms. The number of aryl methyl sites for hydroxylation is 2. The fourth-order valence-electron chi connectivity index (χ4n) is 2.49. The highest BCUT2D eigenvalue weighted by atomic mass is 16.6. The molecule has 2 heterocycles. The Bertz CT molecular complexity index is 419. The maximum absolute atomic E-state index is 11.1. The molecule has 0 spiro atoms. The van der Waals surface area contributed by atoms with Crippen molar-refractivity contribution in [1.29, 1.82) is 0 Å². The summed E-state index contributed by atoms with van der Waals surface area (Å²) in [6.45, 7) is 3.47. The molecule has 1 aliphatic rings. The second-order valence-electron chi connectivity index (χ2n) is 4.54. The predicted octanol–water partition coefficient (Wildman–Crippen LogP) is 2.02. The predicted molar refractivity (Wildman–Crippen MR) is 65.3 cm³/mol. The third-order valence-corrected chi connectivity index (χ3v) is 3.25. The zero-order valence-electron chi connectivity index (χ0n) is 10.3. The van der Waals surface area contributed by atoms with Gasteiger partial charge in [-0.25, -0.2) is 4.68 Å². The Kier molecular flexibility index (Phi) is 3.31. The molecule has 0 aliphatic carbocycles. The van der Waals surface area contributed by atoms with Crippen molar-refractivity contribution in [3.63, 3.8) is 0 Å². The van der Waals surface area contributed by atoms with E-state index < -0.39 is 0 Å². The Balaban J connectivity index is 2.38. The van der Waals surface area contributed by atoms with E-state index in [9.17, 15) is 10.1 Å². The van der Waals surface area contributed by atoms with Gasteiger partial charge < -0.3 is 4.90 Å². The van der Waals surface area contributed by atoms with Crippen molar-refractivity contribution in [2.24, 2.45) is 7.05 Å². The lowest BCUT2D eigenvalue weighted by atomic mass is 10.2. The van der Waals surface area contributed by atoms with E-state index in [1.165, 1.54) is 12.8 Å². The first-order valence-corrected chi connectivity index (χ1v) is 6.04. The number of hydrogen-bond acceptors (Lipinski definition) is 4. The Labute approximate surface area is 100 Å². The van der Waals surface area contributed by atoms with Gasteiger partial charge in [0.25, 0.3) is 0 Å². The summed E-state index contributed by atoms with van der Waals surface area (Å²) in [5.41, 5.74) is 0.658. The second-order valence-corrected chi connectivity index (χ2v) is 4.54. The molecule has 0 radical (unpaired) electrons. The minimum absolute atomic E-state index is 0.161. The van der Waals surface area contributed by atoms with Crippen LogP contribution in [-0.2, 0) is 7.05 Å². The maximum Gasteiger partial charge on any atom is 0.333 e. The van der Waals surface area contributed by atoms with Crippen LogP contribution < -0.4 is 4.90 Å². The fourth-order valence-corrected chi connectivity index (χ4v) is 2.49. The summed E-state index contributed by atoms with van der Waals surface area (Å²) in [5.74, 6) is 0.661. The SMILES string of the molecule is Cc1nn(C)c(N2CCCCCC2)c1[N+](=O)[O-]. The number of anilines is 1. The van der Waals surface area contributed by atoms with Gasteiger partial charge in [0.05, 0.1) is 4.92 Å². The molecule has 0 unspecified atom stereocenters. The van der Waals surface area contributed by atoms with E-state index in [-0.39, 0.29) is 10.6 Å². The summed E-state index contributed by atoms with van der Waals surface area (Å²) in [5, 5.41) is 15.3. The summed E-state index contributed by atoms with van der Waals surface area (Å²) in [4.78, 5) is 12.9. The van der Waals surface area contributed by atoms with Crippen molar-refractivity contribution < 1.29 is 4.92 Å². The molecule has 0 atom stereocenters. The minimum atomic E-state index is -0.317. The lowest BCUT2D eigenvalue weighted by Gasteiger charge is -2.21. The monoisotopic (exact) mass is 238 g/mol. The van der Waals surface area contributed by atoms with Crippen LogP contribution >= 0.6 is 0 Å². The van der Waals surface area contributed by atoms with Gasteiger partial charge in [0, 0.05) is 20.1 Å². The van der Waals surface area contributed by atoms with E-state index in [0.717, 1.165) is 25.9 Å². The van der Waals surface area contributed by atoms with Crippen LogP contribution in [0, 0.1) is 17.0 Å². The van der Waals surface area contributed by atoms with Crippen LogP contribution in [0.5, 0.6) is 0 Å². The van der Waals surface area contributed by atoms with Crippen LogP contribution in [0.2, 0.25) is 0 Å². The summed E-state index contributed by atoms with van der Waals surface area (Å²) in [6.07, 6.45) is 4.62. The van der Waals surface area contributed by atoms with Crippen molar-refractivity contribution >= 4 is 11.5 Å². The van der Waals surface area contributed by atoms with Crippen molar-refractivity contribution in [3.05, 3.63) is 15.8 Å². The molecule has 1 fully saturated rings. The summed E-state index contributed by atoms with van der Waals surface area (Å²) >= 11 is 0. The average molecular weight is 238 g/mol. The molecule has 1 saturated heterocycles. The maximum atomic E-state index is 11.1. The van der Waals surface area contributed by atoms with Gasteiger partial charge in [-0.05, 0) is 19.8 Å². The van der Waals surface area contributed by atoms with Crippen LogP contribution in [0.3, 0.4) is 0 Å². The molecule has 17 heavy (non-hydrogen) atoms. The van der Waals surface area contributed by atoms with Gasteiger partial charge in [-0.1, -0.05) is 12.8 Å². The zero-order valence-corrected chi connectivity index (χ0v) is 10.3. The first kappa shape index (κ1) is 11.9. The smallest absolute Gasteiger partial charge is 0.333 e. The number of aromatic nitrogens is 2. The van der Waals surface area contributed by atoms with E-state index >= 15 is 0 Å². The molecule has 2 rings (SSSR count). The third kappa shape index (κ3) is 2.25. The van der Waals surface area contributed by atoms with E-state index in [2.05, 4.69) is 10.00 Å². The van der Waals surface area contributed by atoms with E-state index in [1.54, 1.807) is 18.7 Å². The molecule has 94 valence electrons. The van der Waals surface area contributed by atoms with E-state index in [4.69, 9.17) is 0 Å². The molecular formula is C11H18N4O2. The second kappa shape index (κ2) is 4.73. The molecule has 1 aromatic rings. The molecule has 1 aliphatic heterocycles. The first-order valence-electron chi connectivity index (χ1n) is 6.04. The molecule has 0 N–H and O–H groups in total. The van der Waals surface area contributed by atoms with Crippen molar-refractivity contribution in [3.8, 4) is 0 Å². The first-order chi connectivity index (χ1) is 8.11. The van der Waals surface area contributed by atoms with Crippen LogP contribution in [0.25, 0.3) is 0 Å². The van der Waals surface area contributed by atoms with Gasteiger partial charge in [-0.15, -0.1) is 0 Å².